The summed E-state index contributed by atoms with van der Waals surface area (Å²) >= 11 is 1.44. The summed E-state index contributed by atoms with van der Waals surface area (Å²) in [6, 6.07) is 9.42. The molecule has 8 nitrogen and oxygen atoms in total. The fourth-order valence-electron chi connectivity index (χ4n) is 6.12. The molecule has 2 aromatic carbocycles. The Morgan fingerprint density at radius 1 is 1.02 bits per heavy atom. The van der Waals surface area contributed by atoms with E-state index in [-0.39, 0.29) is 11.7 Å². The first-order valence-electron chi connectivity index (χ1n) is 14.8. The van der Waals surface area contributed by atoms with Crippen LogP contribution in [0.2, 0.25) is 0 Å². The van der Waals surface area contributed by atoms with Gasteiger partial charge in [0.25, 0.3) is 0 Å². The maximum absolute atomic E-state index is 13.1. The third-order valence-corrected chi connectivity index (χ3v) is 9.31. The van der Waals surface area contributed by atoms with Crippen molar-refractivity contribution in [1.82, 2.24) is 24.6 Å². The molecule has 0 atom stereocenters. The van der Waals surface area contributed by atoms with Crippen LogP contribution in [-0.4, -0.2) is 31.7 Å². The molecule has 2 aromatic heterocycles. The molecular formula is C33H37F3N6O2S. The second-order valence-electron chi connectivity index (χ2n) is 11.7. The maximum atomic E-state index is 13.1. The third-order valence-electron chi connectivity index (χ3n) is 8.37. The van der Waals surface area contributed by atoms with Gasteiger partial charge in [-0.3, -0.25) is 4.57 Å². The second-order valence-corrected chi connectivity index (χ2v) is 12.6. The molecule has 1 aliphatic carbocycles. The van der Waals surface area contributed by atoms with Crippen LogP contribution in [0.15, 0.2) is 64.4 Å². The van der Waals surface area contributed by atoms with E-state index < -0.39 is 12.4 Å². The number of nitrogens with zero attached hydrogens (tertiary/aromatic N) is 5. The number of aromatic nitrogens is 4. The van der Waals surface area contributed by atoms with Crippen molar-refractivity contribution in [3.8, 4) is 17.1 Å². The zero-order valence-electron chi connectivity index (χ0n) is 26.2. The van der Waals surface area contributed by atoms with Crippen molar-refractivity contribution < 1.29 is 22.7 Å². The second kappa shape index (κ2) is 13.0. The number of urea groups is 1. The van der Waals surface area contributed by atoms with Gasteiger partial charge >= 0.3 is 12.4 Å². The lowest BCUT2D eigenvalue weighted by molar-refractivity contribution is -0.274. The van der Waals surface area contributed by atoms with Crippen LogP contribution in [-0.2, 0) is 0 Å². The number of thiazole rings is 1. The van der Waals surface area contributed by atoms with Crippen LogP contribution in [0.3, 0.4) is 0 Å². The van der Waals surface area contributed by atoms with E-state index >= 15 is 0 Å². The average Bonchev–Trinajstić information content (AvgIpc) is 3.59. The number of carbonyl (C=O) groups excluding carboxylic acids is 1. The third kappa shape index (κ3) is 7.55. The number of aryl methyl sites for hydroxylation is 4. The first kappa shape index (κ1) is 32.2. The molecule has 45 heavy (non-hydrogen) atoms. The van der Waals surface area contributed by atoms with Gasteiger partial charge in [0.15, 0.2) is 10.6 Å². The van der Waals surface area contributed by atoms with E-state index in [1.54, 1.807) is 11.0 Å². The lowest BCUT2D eigenvalue weighted by Crippen LogP contribution is -2.26. The molecule has 4 aromatic rings. The molecule has 1 saturated carbocycles. The summed E-state index contributed by atoms with van der Waals surface area (Å²) in [5, 5.41) is 9.61. The number of halogens is 3. The summed E-state index contributed by atoms with van der Waals surface area (Å²) in [5.41, 5.74) is 8.09. The molecule has 12 heteroatoms. The first-order chi connectivity index (χ1) is 21.3. The number of benzene rings is 2. The molecule has 2 heterocycles. The minimum Gasteiger partial charge on any atom is -0.406 e. The molecule has 0 saturated heterocycles. The number of amides is 2. The molecule has 0 spiro atoms. The molecule has 0 radical (unpaired) electrons. The highest BCUT2D eigenvalue weighted by Gasteiger charge is 2.31. The van der Waals surface area contributed by atoms with Gasteiger partial charge in [-0.2, -0.15) is 10.1 Å². The number of rotatable bonds is 6. The van der Waals surface area contributed by atoms with Gasteiger partial charge in [-0.1, -0.05) is 23.3 Å². The Bertz CT molecular complexity index is 1770. The number of ether oxygens (including phenoxy) is 1. The zero-order valence-corrected chi connectivity index (χ0v) is 27.0. The Kier molecular flexibility index (Phi) is 9.33. The quantitative estimate of drug-likeness (QED) is 0.231. The van der Waals surface area contributed by atoms with Crippen molar-refractivity contribution in [3.05, 3.63) is 92.4 Å². The Morgan fingerprint density at radius 3 is 2.29 bits per heavy atom. The highest BCUT2D eigenvalue weighted by Crippen LogP contribution is 2.38. The van der Waals surface area contributed by atoms with E-state index in [2.05, 4.69) is 65.0 Å². The summed E-state index contributed by atoms with van der Waals surface area (Å²) in [6.07, 6.45) is 0.472. The van der Waals surface area contributed by atoms with Crippen molar-refractivity contribution in [2.75, 3.05) is 0 Å². The smallest absolute Gasteiger partial charge is 0.406 e. The number of carbonyl (C=O) groups is 1. The fourth-order valence-corrected chi connectivity index (χ4v) is 6.98. The van der Waals surface area contributed by atoms with Gasteiger partial charge in [0.05, 0.1) is 11.4 Å². The van der Waals surface area contributed by atoms with Crippen LogP contribution < -0.4 is 14.9 Å². The summed E-state index contributed by atoms with van der Waals surface area (Å²) in [5.74, 6) is 0.926. The molecule has 0 bridgehead atoms. The van der Waals surface area contributed by atoms with Gasteiger partial charge in [0, 0.05) is 22.7 Å². The topological polar surface area (TPSA) is 86.3 Å². The van der Waals surface area contributed by atoms with E-state index in [0.717, 1.165) is 59.5 Å². The van der Waals surface area contributed by atoms with Gasteiger partial charge < -0.3 is 10.1 Å². The Balaban J connectivity index is 1.22. The predicted octanol–water partition coefficient (Wildman–Crippen LogP) is 8.13. The summed E-state index contributed by atoms with van der Waals surface area (Å²) in [4.78, 5) is 22.6. The normalized spacial score (nSPS) is 18.1. The van der Waals surface area contributed by atoms with Crippen LogP contribution in [0.1, 0.15) is 73.7 Å². The maximum Gasteiger partial charge on any atom is 0.573 e. The number of hydrogen-bond donors (Lipinski definition) is 1. The monoisotopic (exact) mass is 638 g/mol. The number of hydrogen-bond acceptors (Lipinski definition) is 5. The fraction of sp³-hybridized carbons (Fsp3) is 0.394. The lowest BCUT2D eigenvalue weighted by atomic mass is 9.78. The molecule has 0 unspecified atom stereocenters. The first-order valence-corrected chi connectivity index (χ1v) is 15.7. The minimum absolute atomic E-state index is 0.180. The Labute approximate surface area is 264 Å². The van der Waals surface area contributed by atoms with Crippen molar-refractivity contribution in [2.24, 2.45) is 10.9 Å². The van der Waals surface area contributed by atoms with Crippen LogP contribution in [0.4, 0.5) is 18.0 Å². The van der Waals surface area contributed by atoms with E-state index in [4.69, 9.17) is 0 Å². The van der Waals surface area contributed by atoms with E-state index in [9.17, 15) is 18.0 Å². The highest BCUT2D eigenvalue weighted by molar-refractivity contribution is 7.07. The SMILES string of the molecule is C/C(NC(=O)/N=c1\scc(C)n1-c1c(C)cc(C)cc1C)=C(/C)C1CCC(c2ncn(-c3ccc(OC(F)(F)F)cc3)n2)CC1. The van der Waals surface area contributed by atoms with E-state index in [1.807, 2.05) is 23.8 Å². The van der Waals surface area contributed by atoms with Gasteiger partial charge in [-0.05, 0) is 109 Å². The van der Waals surface area contributed by atoms with Gasteiger partial charge in [0.2, 0.25) is 0 Å². The zero-order chi connectivity index (χ0) is 32.5. The van der Waals surface area contributed by atoms with Crippen molar-refractivity contribution in [2.45, 2.75) is 79.5 Å². The molecule has 1 N–H and O–H groups in total. The highest BCUT2D eigenvalue weighted by atomic mass is 32.1. The lowest BCUT2D eigenvalue weighted by Gasteiger charge is -2.28. The number of nitrogens with one attached hydrogen (secondary N) is 1. The summed E-state index contributed by atoms with van der Waals surface area (Å²) in [7, 11) is 0. The summed E-state index contributed by atoms with van der Waals surface area (Å²) < 4.78 is 44.9. The molecule has 5 rings (SSSR count). The van der Waals surface area contributed by atoms with Crippen LogP contribution in [0, 0.1) is 33.6 Å². The van der Waals surface area contributed by atoms with Gasteiger partial charge in [-0.25, -0.2) is 14.5 Å². The van der Waals surface area contributed by atoms with Crippen molar-refractivity contribution >= 4 is 17.4 Å². The molecule has 2 amide bonds. The molecular weight excluding hydrogens is 601 g/mol. The summed E-state index contributed by atoms with van der Waals surface area (Å²) in [6.45, 7) is 12.2. The van der Waals surface area contributed by atoms with Crippen LogP contribution in [0.25, 0.3) is 11.4 Å². The Morgan fingerprint density at radius 2 is 1.67 bits per heavy atom. The van der Waals surface area contributed by atoms with Gasteiger partial charge in [-0.15, -0.1) is 24.5 Å². The molecule has 1 aliphatic rings. The van der Waals surface area contributed by atoms with E-state index in [0.29, 0.717) is 22.2 Å². The largest absolute Gasteiger partial charge is 0.573 e. The average molecular weight is 639 g/mol. The predicted molar refractivity (Wildman–Crippen MR) is 168 cm³/mol. The standard InChI is InChI=1S/C33H37F3N6O2S/c1-19-15-20(2)29(21(3)16-19)42-22(4)17-45-32(42)39-31(43)38-24(6)23(5)25-7-9-26(10-8-25)30-37-18-41(40-30)27-11-13-28(14-12-27)44-33(34,35)36/h11-18,25-26H,7-10H2,1-6H3,(H,38,43)/b24-23+,39-32-. The minimum atomic E-state index is -4.74. The van der Waals surface area contributed by atoms with Crippen molar-refractivity contribution in [3.63, 3.8) is 0 Å². The van der Waals surface area contributed by atoms with Crippen molar-refractivity contribution in [1.29, 1.82) is 0 Å². The number of alkyl halides is 3. The van der Waals surface area contributed by atoms with Gasteiger partial charge in [0.1, 0.15) is 12.1 Å². The molecule has 0 aliphatic heterocycles. The van der Waals surface area contributed by atoms with Crippen LogP contribution >= 0.6 is 11.3 Å². The van der Waals surface area contributed by atoms with E-state index in [1.165, 1.54) is 41.2 Å². The molecule has 1 fully saturated rings. The molecule has 238 valence electrons. The Hall–Kier alpha value is -4.19. The number of allylic oxidation sites excluding steroid dienone is 2. The van der Waals surface area contributed by atoms with Crippen LogP contribution in [0.5, 0.6) is 5.75 Å².